The molecule has 0 aliphatic rings. The Labute approximate surface area is 115 Å². The summed E-state index contributed by atoms with van der Waals surface area (Å²) in [5.74, 6) is 0.0357. The summed E-state index contributed by atoms with van der Waals surface area (Å²) in [7, 11) is 0. The SMILES string of the molecule is CC(C)(C)C(=O)CCC(=O)NCCCCC(N)C=N. The Morgan fingerprint density at radius 1 is 1.26 bits per heavy atom. The van der Waals surface area contributed by atoms with Gasteiger partial charge >= 0.3 is 0 Å². The van der Waals surface area contributed by atoms with Crippen LogP contribution < -0.4 is 11.1 Å². The molecule has 0 aliphatic heterocycles. The average molecular weight is 269 g/mol. The highest BCUT2D eigenvalue weighted by molar-refractivity contribution is 5.88. The average Bonchev–Trinajstić information content (AvgIpc) is 2.33. The van der Waals surface area contributed by atoms with Crippen LogP contribution in [0, 0.1) is 10.8 Å². The summed E-state index contributed by atoms with van der Waals surface area (Å²) in [6.45, 7) is 6.19. The molecular weight excluding hydrogens is 242 g/mol. The molecular formula is C14H27N3O2. The van der Waals surface area contributed by atoms with Crippen molar-refractivity contribution < 1.29 is 9.59 Å². The first kappa shape index (κ1) is 17.8. The molecule has 0 radical (unpaired) electrons. The van der Waals surface area contributed by atoms with Gasteiger partial charge in [0.15, 0.2) is 0 Å². The third kappa shape index (κ3) is 9.36. The summed E-state index contributed by atoms with van der Waals surface area (Å²) >= 11 is 0. The van der Waals surface area contributed by atoms with Crippen LogP contribution in [0.15, 0.2) is 0 Å². The van der Waals surface area contributed by atoms with Crippen LogP contribution in [0.1, 0.15) is 52.9 Å². The summed E-state index contributed by atoms with van der Waals surface area (Å²) in [5, 5.41) is 9.74. The maximum absolute atomic E-state index is 11.6. The van der Waals surface area contributed by atoms with E-state index in [4.69, 9.17) is 11.1 Å². The second-order valence-corrected chi connectivity index (χ2v) is 5.85. The lowest BCUT2D eigenvalue weighted by Crippen LogP contribution is -2.27. The van der Waals surface area contributed by atoms with E-state index in [1.807, 2.05) is 20.8 Å². The van der Waals surface area contributed by atoms with Crippen molar-refractivity contribution in [3.63, 3.8) is 0 Å². The van der Waals surface area contributed by atoms with Gasteiger partial charge in [-0.3, -0.25) is 9.59 Å². The molecule has 0 saturated heterocycles. The highest BCUT2D eigenvalue weighted by Crippen LogP contribution is 2.17. The molecule has 1 atom stereocenters. The number of carbonyl (C=O) groups is 2. The monoisotopic (exact) mass is 269 g/mol. The van der Waals surface area contributed by atoms with Gasteiger partial charge in [0.2, 0.25) is 5.91 Å². The Hall–Kier alpha value is -1.23. The minimum Gasteiger partial charge on any atom is -0.356 e. The highest BCUT2D eigenvalue weighted by atomic mass is 16.2. The quantitative estimate of drug-likeness (QED) is 0.438. The van der Waals surface area contributed by atoms with Crippen molar-refractivity contribution >= 4 is 17.9 Å². The molecule has 0 aliphatic carbocycles. The normalized spacial score (nSPS) is 12.8. The predicted octanol–water partition coefficient (Wildman–Crippen LogP) is 1.65. The Bertz CT molecular complexity index is 308. The van der Waals surface area contributed by atoms with Gasteiger partial charge in [-0.05, 0) is 19.3 Å². The third-order valence-electron chi connectivity index (χ3n) is 2.92. The van der Waals surface area contributed by atoms with Crippen LogP contribution >= 0.6 is 0 Å². The largest absolute Gasteiger partial charge is 0.356 e. The van der Waals surface area contributed by atoms with Crippen LogP contribution in [0.25, 0.3) is 0 Å². The van der Waals surface area contributed by atoms with Gasteiger partial charge in [0.05, 0.1) is 0 Å². The Balaban J connectivity index is 3.61. The first-order valence-electron chi connectivity index (χ1n) is 6.83. The first-order valence-corrected chi connectivity index (χ1v) is 6.83. The van der Waals surface area contributed by atoms with Crippen molar-refractivity contribution in [2.24, 2.45) is 11.1 Å². The van der Waals surface area contributed by atoms with Gasteiger partial charge in [-0.1, -0.05) is 20.8 Å². The third-order valence-corrected chi connectivity index (χ3v) is 2.92. The summed E-state index contributed by atoms with van der Waals surface area (Å²) in [4.78, 5) is 23.1. The molecule has 1 unspecified atom stereocenters. The Morgan fingerprint density at radius 2 is 1.89 bits per heavy atom. The number of Topliss-reactive ketones (excluding diaryl/α,β-unsaturated/α-hetero) is 1. The van der Waals surface area contributed by atoms with Crippen LogP contribution in [-0.2, 0) is 9.59 Å². The molecule has 5 nitrogen and oxygen atoms in total. The van der Waals surface area contributed by atoms with Gasteiger partial charge in [0.25, 0.3) is 0 Å². The molecule has 0 aromatic heterocycles. The van der Waals surface area contributed by atoms with E-state index in [1.54, 1.807) is 0 Å². The minimum absolute atomic E-state index is 0.0750. The number of rotatable bonds is 9. The van der Waals surface area contributed by atoms with Crippen LogP contribution in [0.2, 0.25) is 0 Å². The maximum atomic E-state index is 11.6. The lowest BCUT2D eigenvalue weighted by atomic mass is 9.88. The summed E-state index contributed by atoms with van der Waals surface area (Å²) in [5.41, 5.74) is 5.20. The molecule has 0 saturated carbocycles. The van der Waals surface area contributed by atoms with Gasteiger partial charge < -0.3 is 16.5 Å². The van der Waals surface area contributed by atoms with E-state index < -0.39 is 0 Å². The van der Waals surface area contributed by atoms with Crippen LogP contribution in [0.4, 0.5) is 0 Å². The van der Waals surface area contributed by atoms with Crippen molar-refractivity contribution in [1.82, 2.24) is 5.32 Å². The number of nitrogens with two attached hydrogens (primary N) is 1. The van der Waals surface area contributed by atoms with Crippen molar-refractivity contribution in [1.29, 1.82) is 5.41 Å². The highest BCUT2D eigenvalue weighted by Gasteiger charge is 2.21. The topological polar surface area (TPSA) is 96.0 Å². The van der Waals surface area contributed by atoms with Crippen molar-refractivity contribution in [2.75, 3.05) is 6.54 Å². The molecule has 5 heteroatoms. The maximum Gasteiger partial charge on any atom is 0.220 e. The second-order valence-electron chi connectivity index (χ2n) is 5.85. The second kappa shape index (κ2) is 8.80. The Morgan fingerprint density at radius 3 is 2.42 bits per heavy atom. The van der Waals surface area contributed by atoms with E-state index in [2.05, 4.69) is 5.32 Å². The van der Waals surface area contributed by atoms with Crippen LogP contribution in [0.3, 0.4) is 0 Å². The number of amides is 1. The summed E-state index contributed by atoms with van der Waals surface area (Å²) < 4.78 is 0. The number of carbonyl (C=O) groups excluding carboxylic acids is 2. The number of hydrogen-bond acceptors (Lipinski definition) is 4. The van der Waals surface area contributed by atoms with E-state index in [0.29, 0.717) is 13.0 Å². The van der Waals surface area contributed by atoms with Gasteiger partial charge in [0, 0.05) is 37.1 Å². The number of hydrogen-bond donors (Lipinski definition) is 3. The molecule has 0 rings (SSSR count). The fourth-order valence-corrected chi connectivity index (χ4v) is 1.51. The lowest BCUT2D eigenvalue weighted by Gasteiger charge is -2.16. The van der Waals surface area contributed by atoms with E-state index >= 15 is 0 Å². The van der Waals surface area contributed by atoms with Crippen molar-refractivity contribution in [2.45, 2.75) is 58.9 Å². The minimum atomic E-state index is -0.372. The van der Waals surface area contributed by atoms with Gasteiger partial charge in [-0.15, -0.1) is 0 Å². The molecule has 110 valence electrons. The molecule has 1 amide bonds. The van der Waals surface area contributed by atoms with E-state index in [9.17, 15) is 9.59 Å². The molecule has 0 heterocycles. The molecule has 0 bridgehead atoms. The van der Waals surface area contributed by atoms with Crippen molar-refractivity contribution in [3.8, 4) is 0 Å². The van der Waals surface area contributed by atoms with Crippen LogP contribution in [0.5, 0.6) is 0 Å². The molecule has 0 spiro atoms. The number of ketones is 1. The van der Waals surface area contributed by atoms with Crippen molar-refractivity contribution in [3.05, 3.63) is 0 Å². The van der Waals surface area contributed by atoms with Gasteiger partial charge in [0.1, 0.15) is 5.78 Å². The first-order chi connectivity index (χ1) is 8.77. The zero-order valence-electron chi connectivity index (χ0n) is 12.3. The zero-order chi connectivity index (χ0) is 14.9. The molecule has 4 N–H and O–H groups in total. The lowest BCUT2D eigenvalue weighted by molar-refractivity contribution is -0.129. The van der Waals surface area contributed by atoms with Crippen LogP contribution in [-0.4, -0.2) is 30.5 Å². The van der Waals surface area contributed by atoms with E-state index in [-0.39, 0.29) is 29.6 Å². The van der Waals surface area contributed by atoms with Gasteiger partial charge in [-0.25, -0.2) is 0 Å². The summed E-state index contributed by atoms with van der Waals surface area (Å²) in [6, 6.07) is -0.180. The standard InChI is InChI=1S/C14H27N3O2/c1-14(2,3)12(18)7-8-13(19)17-9-5-4-6-11(16)10-15/h10-11,15H,4-9,16H2,1-3H3,(H,17,19). The predicted molar refractivity (Wildman–Crippen MR) is 77.3 cm³/mol. The fourth-order valence-electron chi connectivity index (χ4n) is 1.51. The summed E-state index contributed by atoms with van der Waals surface area (Å²) in [6.07, 6.45) is 4.29. The number of unbranched alkanes of at least 4 members (excludes halogenated alkanes) is 1. The number of nitrogens with one attached hydrogen (secondary N) is 2. The smallest absolute Gasteiger partial charge is 0.220 e. The molecule has 0 aromatic rings. The van der Waals surface area contributed by atoms with Gasteiger partial charge in [-0.2, -0.15) is 0 Å². The van der Waals surface area contributed by atoms with E-state index in [0.717, 1.165) is 19.3 Å². The Kier molecular flexibility index (Phi) is 8.23. The molecule has 0 fully saturated rings. The molecule has 0 aromatic carbocycles. The fraction of sp³-hybridized carbons (Fsp3) is 0.786. The van der Waals surface area contributed by atoms with E-state index in [1.165, 1.54) is 6.21 Å². The zero-order valence-corrected chi connectivity index (χ0v) is 12.3. The molecule has 19 heavy (non-hydrogen) atoms.